The summed E-state index contributed by atoms with van der Waals surface area (Å²) in [5, 5.41) is 0. The number of fused-ring (bicyclic) bond motifs is 1. The fraction of sp³-hybridized carbons (Fsp3) is 0.688. The number of halogens is 1. The normalized spacial score (nSPS) is 20.3. The molecule has 2 heterocycles. The van der Waals surface area contributed by atoms with E-state index in [-0.39, 0.29) is 5.56 Å². The van der Waals surface area contributed by atoms with Crippen LogP contribution in [0.15, 0.2) is 10.9 Å². The largest absolute Gasteiger partial charge is 0.309 e. The lowest BCUT2D eigenvalue weighted by Crippen LogP contribution is -2.37. The van der Waals surface area contributed by atoms with Crippen molar-refractivity contribution in [2.24, 2.45) is 0 Å². The van der Waals surface area contributed by atoms with Gasteiger partial charge in [0.25, 0.3) is 5.56 Å². The fourth-order valence-electron chi connectivity index (χ4n) is 3.70. The maximum atomic E-state index is 12.7. The Hall–Kier alpha value is -0.800. The van der Waals surface area contributed by atoms with E-state index >= 15 is 0 Å². The molecule has 0 N–H and O–H groups in total. The highest BCUT2D eigenvalue weighted by Crippen LogP contribution is 2.31. The number of likely N-dealkylation sites (N-methyl/N-ethyl adjacent to an activating group) is 1. The van der Waals surface area contributed by atoms with Gasteiger partial charge in [-0.15, -0.1) is 11.6 Å². The SMILES string of the molecule is CCN1CCc2c(cc(CCl)c(=O)n2C2CCCC2)C1. The first-order valence-electron chi connectivity index (χ1n) is 7.79. The average Bonchev–Trinajstić information content (AvgIpc) is 3.00. The van der Waals surface area contributed by atoms with Gasteiger partial charge in [-0.25, -0.2) is 0 Å². The number of hydrogen-bond acceptors (Lipinski definition) is 2. The Bertz CT molecular complexity index is 546. The molecule has 1 fully saturated rings. The molecule has 1 aromatic heterocycles. The molecule has 0 unspecified atom stereocenters. The molecule has 0 radical (unpaired) electrons. The smallest absolute Gasteiger partial charge is 0.255 e. The third-order valence-electron chi connectivity index (χ3n) is 4.84. The van der Waals surface area contributed by atoms with Crippen molar-refractivity contribution in [3.8, 4) is 0 Å². The predicted octanol–water partition coefficient (Wildman–Crippen LogP) is 3.08. The van der Waals surface area contributed by atoms with Crippen LogP contribution in [0.2, 0.25) is 0 Å². The van der Waals surface area contributed by atoms with Crippen molar-refractivity contribution in [3.63, 3.8) is 0 Å². The lowest BCUT2D eigenvalue weighted by Gasteiger charge is -2.31. The molecule has 0 aromatic carbocycles. The summed E-state index contributed by atoms with van der Waals surface area (Å²) in [6.45, 7) is 5.29. The van der Waals surface area contributed by atoms with E-state index in [0.29, 0.717) is 11.9 Å². The summed E-state index contributed by atoms with van der Waals surface area (Å²) in [5.41, 5.74) is 3.53. The molecule has 110 valence electrons. The molecule has 0 saturated heterocycles. The van der Waals surface area contributed by atoms with Gasteiger partial charge in [0.1, 0.15) is 0 Å². The highest BCUT2D eigenvalue weighted by molar-refractivity contribution is 6.17. The zero-order valence-electron chi connectivity index (χ0n) is 12.2. The van der Waals surface area contributed by atoms with E-state index in [4.69, 9.17) is 11.6 Å². The van der Waals surface area contributed by atoms with Crippen LogP contribution in [0.3, 0.4) is 0 Å². The summed E-state index contributed by atoms with van der Waals surface area (Å²) >= 11 is 6.00. The maximum absolute atomic E-state index is 12.7. The van der Waals surface area contributed by atoms with Gasteiger partial charge in [0.05, 0.1) is 5.88 Å². The van der Waals surface area contributed by atoms with Gasteiger partial charge in [0.15, 0.2) is 0 Å². The first kappa shape index (κ1) is 14.2. The van der Waals surface area contributed by atoms with Crippen molar-refractivity contribution in [1.29, 1.82) is 0 Å². The van der Waals surface area contributed by atoms with E-state index in [9.17, 15) is 4.79 Å². The molecule has 4 heteroatoms. The van der Waals surface area contributed by atoms with Crippen molar-refractivity contribution >= 4 is 11.6 Å². The van der Waals surface area contributed by atoms with Crippen LogP contribution in [-0.2, 0) is 18.8 Å². The van der Waals surface area contributed by atoms with E-state index in [1.165, 1.54) is 24.1 Å². The molecule has 3 nitrogen and oxygen atoms in total. The number of alkyl halides is 1. The van der Waals surface area contributed by atoms with Crippen LogP contribution in [0.4, 0.5) is 0 Å². The van der Waals surface area contributed by atoms with Gasteiger partial charge >= 0.3 is 0 Å². The number of hydrogen-bond donors (Lipinski definition) is 0. The Balaban J connectivity index is 2.09. The van der Waals surface area contributed by atoms with Gasteiger partial charge in [-0.1, -0.05) is 19.8 Å². The summed E-state index contributed by atoms with van der Waals surface area (Å²) in [6, 6.07) is 2.46. The number of rotatable bonds is 3. The van der Waals surface area contributed by atoms with Crippen molar-refractivity contribution in [2.45, 2.75) is 57.5 Å². The zero-order chi connectivity index (χ0) is 14.1. The van der Waals surface area contributed by atoms with Gasteiger partial charge in [0, 0.05) is 36.8 Å². The average molecular weight is 295 g/mol. The van der Waals surface area contributed by atoms with Crippen LogP contribution in [-0.4, -0.2) is 22.6 Å². The second-order valence-electron chi connectivity index (χ2n) is 6.01. The maximum Gasteiger partial charge on any atom is 0.255 e. The van der Waals surface area contributed by atoms with Gasteiger partial charge in [-0.05, 0) is 31.0 Å². The molecule has 0 amide bonds. The molecule has 20 heavy (non-hydrogen) atoms. The topological polar surface area (TPSA) is 25.2 Å². The second-order valence-corrected chi connectivity index (χ2v) is 6.27. The number of pyridine rings is 1. The molecular formula is C16H23ClN2O. The molecule has 1 aliphatic carbocycles. The molecule has 1 saturated carbocycles. The summed E-state index contributed by atoms with van der Waals surface area (Å²) in [7, 11) is 0. The summed E-state index contributed by atoms with van der Waals surface area (Å²) in [6.07, 6.45) is 5.79. The Labute approximate surface area is 125 Å². The molecule has 0 bridgehead atoms. The van der Waals surface area contributed by atoms with Gasteiger partial charge in [-0.3, -0.25) is 9.69 Å². The highest BCUT2D eigenvalue weighted by Gasteiger charge is 2.26. The molecule has 2 aliphatic rings. The summed E-state index contributed by atoms with van der Waals surface area (Å²) in [4.78, 5) is 15.1. The molecule has 0 atom stereocenters. The second kappa shape index (κ2) is 5.90. The Morgan fingerprint density at radius 1 is 1.35 bits per heavy atom. The first-order valence-corrected chi connectivity index (χ1v) is 8.32. The minimum atomic E-state index is 0.163. The lowest BCUT2D eigenvalue weighted by atomic mass is 10.0. The van der Waals surface area contributed by atoms with Crippen LogP contribution < -0.4 is 5.56 Å². The van der Waals surface area contributed by atoms with Crippen LogP contribution in [0.5, 0.6) is 0 Å². The Kier molecular flexibility index (Phi) is 4.18. The monoisotopic (exact) mass is 294 g/mol. The first-order chi connectivity index (χ1) is 9.74. The molecule has 3 rings (SSSR count). The zero-order valence-corrected chi connectivity index (χ0v) is 13.0. The van der Waals surface area contributed by atoms with Crippen LogP contribution >= 0.6 is 11.6 Å². The Morgan fingerprint density at radius 2 is 2.10 bits per heavy atom. The fourth-order valence-corrected chi connectivity index (χ4v) is 3.90. The summed E-state index contributed by atoms with van der Waals surface area (Å²) < 4.78 is 2.10. The highest BCUT2D eigenvalue weighted by atomic mass is 35.5. The third-order valence-corrected chi connectivity index (χ3v) is 5.13. The standard InChI is InChI=1S/C16H23ClN2O/c1-2-18-8-7-15-13(11-18)9-12(10-17)16(20)19(15)14-5-3-4-6-14/h9,14H,2-8,10-11H2,1H3. The predicted molar refractivity (Wildman–Crippen MR) is 82.4 cm³/mol. The minimum Gasteiger partial charge on any atom is -0.309 e. The number of nitrogens with zero attached hydrogens (tertiary/aromatic N) is 2. The van der Waals surface area contributed by atoms with E-state index in [2.05, 4.69) is 22.5 Å². The Morgan fingerprint density at radius 3 is 2.75 bits per heavy atom. The van der Waals surface area contributed by atoms with Crippen molar-refractivity contribution in [3.05, 3.63) is 33.2 Å². The molecular weight excluding hydrogens is 272 g/mol. The van der Waals surface area contributed by atoms with Crippen molar-refractivity contribution < 1.29 is 0 Å². The van der Waals surface area contributed by atoms with E-state index in [0.717, 1.165) is 44.5 Å². The number of aromatic nitrogens is 1. The van der Waals surface area contributed by atoms with Crippen LogP contribution in [0, 0.1) is 0 Å². The lowest BCUT2D eigenvalue weighted by molar-refractivity contribution is 0.258. The minimum absolute atomic E-state index is 0.163. The van der Waals surface area contributed by atoms with Gasteiger partial charge < -0.3 is 4.57 Å². The molecule has 1 aromatic rings. The van der Waals surface area contributed by atoms with E-state index in [1.54, 1.807) is 0 Å². The van der Waals surface area contributed by atoms with Crippen molar-refractivity contribution in [1.82, 2.24) is 9.47 Å². The molecule has 0 spiro atoms. The third kappa shape index (κ3) is 2.42. The van der Waals surface area contributed by atoms with E-state index < -0.39 is 0 Å². The summed E-state index contributed by atoms with van der Waals surface area (Å²) in [5.74, 6) is 0.324. The van der Waals surface area contributed by atoms with Gasteiger partial charge in [0.2, 0.25) is 0 Å². The van der Waals surface area contributed by atoms with Crippen molar-refractivity contribution in [2.75, 3.05) is 13.1 Å². The van der Waals surface area contributed by atoms with Crippen LogP contribution in [0.1, 0.15) is 55.5 Å². The van der Waals surface area contributed by atoms with Gasteiger partial charge in [-0.2, -0.15) is 0 Å². The van der Waals surface area contributed by atoms with Crippen LogP contribution in [0.25, 0.3) is 0 Å². The molecule has 1 aliphatic heterocycles. The quantitative estimate of drug-likeness (QED) is 0.801. The van der Waals surface area contributed by atoms with E-state index in [1.807, 2.05) is 0 Å².